The third-order valence-electron chi connectivity index (χ3n) is 3.00. The number of carbonyl (C=O) groups is 1. The Morgan fingerprint density at radius 1 is 1.19 bits per heavy atom. The van der Waals surface area contributed by atoms with E-state index in [1.54, 1.807) is 11.3 Å². The molecule has 0 bridgehead atoms. The van der Waals surface area contributed by atoms with E-state index >= 15 is 0 Å². The molecule has 0 N–H and O–H groups in total. The Kier molecular flexibility index (Phi) is 3.95. The van der Waals surface area contributed by atoms with E-state index in [9.17, 15) is 4.79 Å². The number of hydrogen-bond donors (Lipinski definition) is 0. The molecule has 0 aliphatic carbocycles. The Morgan fingerprint density at radius 2 is 1.75 bits per heavy atom. The summed E-state index contributed by atoms with van der Waals surface area (Å²) in [7, 11) is 0. The van der Waals surface area contributed by atoms with Crippen molar-refractivity contribution in [1.29, 1.82) is 0 Å². The molecule has 16 heavy (non-hydrogen) atoms. The van der Waals surface area contributed by atoms with Gasteiger partial charge in [-0.15, -0.1) is 11.3 Å². The maximum Gasteiger partial charge on any atom is 0.175 e. The van der Waals surface area contributed by atoms with E-state index in [1.807, 2.05) is 13.0 Å². The zero-order chi connectivity index (χ0) is 12.5. The van der Waals surface area contributed by atoms with Crippen molar-refractivity contribution < 1.29 is 4.79 Å². The zero-order valence-corrected chi connectivity index (χ0v) is 11.9. The molecule has 0 aromatic carbocycles. The summed E-state index contributed by atoms with van der Waals surface area (Å²) < 4.78 is 0. The highest BCUT2D eigenvalue weighted by molar-refractivity contribution is 7.14. The van der Waals surface area contributed by atoms with Crippen LogP contribution in [0.15, 0.2) is 12.1 Å². The number of rotatable bonds is 3. The summed E-state index contributed by atoms with van der Waals surface area (Å²) in [6.45, 7) is 12.8. The van der Waals surface area contributed by atoms with Crippen molar-refractivity contribution >= 4 is 17.1 Å². The topological polar surface area (TPSA) is 17.1 Å². The molecule has 0 radical (unpaired) electrons. The van der Waals surface area contributed by atoms with E-state index in [1.165, 1.54) is 4.88 Å². The summed E-state index contributed by atoms with van der Waals surface area (Å²) in [5.41, 5.74) is 0.143. The van der Waals surface area contributed by atoms with Crippen molar-refractivity contribution in [2.75, 3.05) is 0 Å². The van der Waals surface area contributed by atoms with Crippen LogP contribution in [0.25, 0.3) is 0 Å². The molecule has 1 heterocycles. The lowest BCUT2D eigenvalue weighted by molar-refractivity contribution is 0.0904. The van der Waals surface area contributed by atoms with Crippen LogP contribution >= 0.6 is 11.3 Å². The monoisotopic (exact) mass is 238 g/mol. The first-order valence-electron chi connectivity index (χ1n) is 5.88. The first-order chi connectivity index (χ1) is 7.23. The first-order valence-corrected chi connectivity index (χ1v) is 6.69. The molecule has 0 spiro atoms. The summed E-state index contributed by atoms with van der Waals surface area (Å²) in [5, 5.41) is 0. The van der Waals surface area contributed by atoms with Gasteiger partial charge in [-0.1, -0.05) is 41.5 Å². The average Bonchev–Trinajstić information content (AvgIpc) is 2.63. The van der Waals surface area contributed by atoms with Crippen molar-refractivity contribution in [2.24, 2.45) is 11.8 Å². The van der Waals surface area contributed by atoms with Gasteiger partial charge in [-0.05, 0) is 23.5 Å². The fourth-order valence-electron chi connectivity index (χ4n) is 1.40. The number of Topliss-reactive ketones (excluding diaryl/α,β-unsaturated/α-hetero) is 1. The number of thiophene rings is 1. The van der Waals surface area contributed by atoms with Crippen LogP contribution in [0.1, 0.15) is 56.1 Å². The predicted molar refractivity (Wildman–Crippen MR) is 71.4 cm³/mol. The van der Waals surface area contributed by atoms with Crippen molar-refractivity contribution in [3.8, 4) is 0 Å². The second-order valence-electron chi connectivity index (χ2n) is 5.81. The summed E-state index contributed by atoms with van der Waals surface area (Å²) in [6.07, 6.45) is 0. The van der Waals surface area contributed by atoms with Gasteiger partial charge in [0.15, 0.2) is 5.78 Å². The van der Waals surface area contributed by atoms with Gasteiger partial charge in [-0.25, -0.2) is 0 Å². The SMILES string of the molecule is CC(C)C(C)C(=O)c1ccc(C(C)(C)C)s1. The minimum Gasteiger partial charge on any atom is -0.293 e. The molecule has 0 saturated carbocycles. The first kappa shape index (κ1) is 13.4. The molecule has 1 atom stereocenters. The van der Waals surface area contributed by atoms with E-state index in [4.69, 9.17) is 0 Å². The highest BCUT2D eigenvalue weighted by atomic mass is 32.1. The Hall–Kier alpha value is -0.630. The predicted octanol–water partition coefficient (Wildman–Crippen LogP) is 4.52. The molecule has 0 amide bonds. The van der Waals surface area contributed by atoms with Gasteiger partial charge in [-0.2, -0.15) is 0 Å². The normalized spacial score (nSPS) is 14.2. The van der Waals surface area contributed by atoms with Crippen LogP contribution in [0, 0.1) is 11.8 Å². The molecular formula is C14H22OS. The maximum atomic E-state index is 12.1. The number of ketones is 1. The fourth-order valence-corrected chi connectivity index (χ4v) is 2.50. The average molecular weight is 238 g/mol. The Morgan fingerprint density at radius 3 is 2.12 bits per heavy atom. The largest absolute Gasteiger partial charge is 0.293 e. The molecule has 1 aromatic rings. The highest BCUT2D eigenvalue weighted by Gasteiger charge is 2.22. The lowest BCUT2D eigenvalue weighted by Crippen LogP contribution is -2.15. The second kappa shape index (κ2) is 4.70. The molecule has 1 unspecified atom stereocenters. The van der Waals surface area contributed by atoms with E-state index in [0.29, 0.717) is 5.92 Å². The Balaban J connectivity index is 2.91. The minimum atomic E-state index is 0.117. The third kappa shape index (κ3) is 2.94. The van der Waals surface area contributed by atoms with Gasteiger partial charge < -0.3 is 0 Å². The Labute approximate surface area is 103 Å². The lowest BCUT2D eigenvalue weighted by atomic mass is 9.92. The van der Waals surface area contributed by atoms with Crippen molar-refractivity contribution in [2.45, 2.75) is 47.0 Å². The quantitative estimate of drug-likeness (QED) is 0.708. The molecule has 0 saturated heterocycles. The second-order valence-corrected chi connectivity index (χ2v) is 6.89. The van der Waals surface area contributed by atoms with E-state index < -0.39 is 0 Å². The van der Waals surface area contributed by atoms with E-state index in [0.717, 1.165) is 4.88 Å². The van der Waals surface area contributed by atoms with E-state index in [-0.39, 0.29) is 17.1 Å². The van der Waals surface area contributed by atoms with Crippen LogP contribution in [0.3, 0.4) is 0 Å². The molecule has 1 aromatic heterocycles. The van der Waals surface area contributed by atoms with Gasteiger partial charge in [-0.3, -0.25) is 4.79 Å². The summed E-state index contributed by atoms with van der Waals surface area (Å²) in [6, 6.07) is 4.07. The summed E-state index contributed by atoms with van der Waals surface area (Å²) in [4.78, 5) is 14.3. The molecular weight excluding hydrogens is 216 g/mol. The molecule has 1 rings (SSSR count). The van der Waals surface area contributed by atoms with Crippen LogP contribution in [-0.2, 0) is 5.41 Å². The van der Waals surface area contributed by atoms with Crippen LogP contribution in [0.2, 0.25) is 0 Å². The molecule has 0 aliphatic rings. The Bertz CT molecular complexity index is 368. The molecule has 1 nitrogen and oxygen atoms in total. The van der Waals surface area contributed by atoms with Crippen molar-refractivity contribution in [3.05, 3.63) is 21.9 Å². The molecule has 0 aliphatic heterocycles. The van der Waals surface area contributed by atoms with Gasteiger partial charge in [0.25, 0.3) is 0 Å². The van der Waals surface area contributed by atoms with Crippen LogP contribution in [0.5, 0.6) is 0 Å². The zero-order valence-electron chi connectivity index (χ0n) is 11.1. The highest BCUT2D eigenvalue weighted by Crippen LogP contribution is 2.31. The van der Waals surface area contributed by atoms with Gasteiger partial charge in [0, 0.05) is 10.8 Å². The number of hydrogen-bond acceptors (Lipinski definition) is 2. The van der Waals surface area contributed by atoms with Gasteiger partial charge >= 0.3 is 0 Å². The van der Waals surface area contributed by atoms with Crippen molar-refractivity contribution in [3.63, 3.8) is 0 Å². The summed E-state index contributed by atoms with van der Waals surface area (Å²) >= 11 is 1.64. The smallest absolute Gasteiger partial charge is 0.175 e. The summed E-state index contributed by atoms with van der Waals surface area (Å²) in [5.74, 6) is 0.814. The molecule has 0 fully saturated rings. The van der Waals surface area contributed by atoms with E-state index in [2.05, 4.69) is 40.7 Å². The number of carbonyl (C=O) groups excluding carboxylic acids is 1. The third-order valence-corrected chi connectivity index (χ3v) is 4.53. The fraction of sp³-hybridized carbons (Fsp3) is 0.643. The van der Waals surface area contributed by atoms with Gasteiger partial charge in [0.2, 0.25) is 0 Å². The standard InChI is InChI=1S/C14H22OS/c1-9(2)10(3)13(15)11-7-8-12(16-11)14(4,5)6/h7-10H,1-6H3. The molecule has 2 heteroatoms. The minimum absolute atomic E-state index is 0.117. The van der Waals surface area contributed by atoms with Crippen LogP contribution in [0.4, 0.5) is 0 Å². The van der Waals surface area contributed by atoms with Crippen molar-refractivity contribution in [1.82, 2.24) is 0 Å². The van der Waals surface area contributed by atoms with Crippen LogP contribution in [-0.4, -0.2) is 5.78 Å². The molecule has 90 valence electrons. The maximum absolute atomic E-state index is 12.1. The van der Waals surface area contributed by atoms with Gasteiger partial charge in [0.1, 0.15) is 0 Å². The van der Waals surface area contributed by atoms with Crippen LogP contribution < -0.4 is 0 Å². The van der Waals surface area contributed by atoms with Gasteiger partial charge in [0.05, 0.1) is 4.88 Å². The lowest BCUT2D eigenvalue weighted by Gasteiger charge is -2.16.